The molecular weight excluding hydrogens is 429 g/mol. The molecule has 0 atom stereocenters. The second kappa shape index (κ2) is 8.50. The SMILES string of the molecule is O=C([O-])CNC(=O)c1cccc(S(=O)(=O)C(Br)Br)c1.[Na+]. The molecule has 104 valence electrons. The first-order chi connectivity index (χ1) is 8.75. The largest absolute Gasteiger partial charge is 1.00 e. The fourth-order valence-corrected chi connectivity index (χ4v) is 3.23. The molecule has 0 unspecified atom stereocenters. The molecule has 1 aromatic rings. The van der Waals surface area contributed by atoms with E-state index in [0.29, 0.717) is 0 Å². The van der Waals surface area contributed by atoms with Crippen LogP contribution in [0.2, 0.25) is 0 Å². The second-order valence-corrected chi connectivity index (χ2v) is 9.69. The summed E-state index contributed by atoms with van der Waals surface area (Å²) in [6, 6.07) is 5.26. The molecule has 20 heavy (non-hydrogen) atoms. The number of amides is 1. The van der Waals surface area contributed by atoms with Crippen molar-refractivity contribution in [2.75, 3.05) is 6.54 Å². The van der Waals surface area contributed by atoms with Gasteiger partial charge in [-0.15, -0.1) is 0 Å². The maximum atomic E-state index is 11.8. The monoisotopic (exact) mass is 435 g/mol. The van der Waals surface area contributed by atoms with Crippen molar-refractivity contribution in [2.45, 2.75) is 7.96 Å². The summed E-state index contributed by atoms with van der Waals surface area (Å²) in [5, 5.41) is 12.3. The topological polar surface area (TPSA) is 103 Å². The van der Waals surface area contributed by atoms with E-state index in [1.54, 1.807) is 0 Å². The van der Waals surface area contributed by atoms with Gasteiger partial charge in [0.2, 0.25) is 9.84 Å². The minimum absolute atomic E-state index is 0. The van der Waals surface area contributed by atoms with Crippen molar-refractivity contribution in [1.29, 1.82) is 0 Å². The minimum atomic E-state index is -3.64. The number of carbonyl (C=O) groups is 2. The Bertz CT molecular complexity index is 605. The van der Waals surface area contributed by atoms with Gasteiger partial charge in [-0.2, -0.15) is 0 Å². The molecule has 0 spiro atoms. The summed E-state index contributed by atoms with van der Waals surface area (Å²) < 4.78 is 22.7. The van der Waals surface area contributed by atoms with E-state index in [4.69, 9.17) is 0 Å². The van der Waals surface area contributed by atoms with Crippen LogP contribution in [0, 0.1) is 0 Å². The second-order valence-electron chi connectivity index (χ2n) is 3.39. The summed E-state index contributed by atoms with van der Waals surface area (Å²) in [5.74, 6) is -2.12. The minimum Gasteiger partial charge on any atom is -0.548 e. The molecule has 0 heterocycles. The van der Waals surface area contributed by atoms with E-state index in [-0.39, 0.29) is 40.0 Å². The predicted molar refractivity (Wildman–Crippen MR) is 72.6 cm³/mol. The molecule has 0 fully saturated rings. The molecule has 1 N–H and O–H groups in total. The Morgan fingerprint density at radius 3 is 2.40 bits per heavy atom. The number of carbonyl (C=O) groups excluding carboxylic acids is 2. The molecule has 0 saturated carbocycles. The number of benzene rings is 1. The third-order valence-corrected chi connectivity index (χ3v) is 6.39. The van der Waals surface area contributed by atoms with E-state index in [1.165, 1.54) is 18.2 Å². The molecule has 0 aliphatic heterocycles. The van der Waals surface area contributed by atoms with Gasteiger partial charge in [0.1, 0.15) is 0 Å². The van der Waals surface area contributed by atoms with Crippen LogP contribution in [0.1, 0.15) is 10.4 Å². The molecule has 0 aromatic heterocycles. The zero-order chi connectivity index (χ0) is 14.6. The number of rotatable bonds is 5. The van der Waals surface area contributed by atoms with Gasteiger partial charge >= 0.3 is 29.6 Å². The third kappa shape index (κ3) is 5.45. The number of sulfone groups is 1. The third-order valence-electron chi connectivity index (χ3n) is 2.05. The van der Waals surface area contributed by atoms with E-state index < -0.39 is 31.3 Å². The maximum absolute atomic E-state index is 11.8. The molecule has 0 aliphatic rings. The number of aliphatic carboxylic acids is 1. The molecule has 0 radical (unpaired) electrons. The van der Waals surface area contributed by atoms with Gasteiger partial charge in [-0.25, -0.2) is 8.42 Å². The molecule has 6 nitrogen and oxygen atoms in total. The quantitative estimate of drug-likeness (QED) is 0.392. The molecule has 10 heteroatoms. The summed E-state index contributed by atoms with van der Waals surface area (Å²) in [5.41, 5.74) is 0.0444. The fourth-order valence-electron chi connectivity index (χ4n) is 1.17. The van der Waals surface area contributed by atoms with Crippen molar-refractivity contribution in [3.63, 3.8) is 0 Å². The summed E-state index contributed by atoms with van der Waals surface area (Å²) in [4.78, 5) is 21.7. The average Bonchev–Trinajstić information content (AvgIpc) is 2.35. The Balaban J connectivity index is 0.00000361. The summed E-state index contributed by atoms with van der Waals surface area (Å²) in [7, 11) is -3.64. The molecule has 0 aliphatic carbocycles. The number of alkyl halides is 2. The van der Waals surface area contributed by atoms with E-state index in [0.717, 1.165) is 6.07 Å². The van der Waals surface area contributed by atoms with Crippen molar-refractivity contribution < 1.29 is 52.7 Å². The number of carboxylic acids is 1. The Labute approximate surface area is 154 Å². The van der Waals surface area contributed by atoms with Crippen LogP contribution in [0.15, 0.2) is 29.2 Å². The summed E-state index contributed by atoms with van der Waals surface area (Å²) >= 11 is 5.77. The molecule has 1 rings (SSSR count). The average molecular weight is 437 g/mol. The predicted octanol–water partition coefficient (Wildman–Crippen LogP) is -2.98. The molecular formula is C10H8Br2NNaO5S. The molecule has 1 amide bonds. The Hall–Kier alpha value is 0.0700. The van der Waals surface area contributed by atoms with Gasteiger partial charge in [-0.1, -0.05) is 37.9 Å². The van der Waals surface area contributed by atoms with Gasteiger partial charge in [-0.05, 0) is 18.2 Å². The normalized spacial score (nSPS) is 10.8. The molecule has 0 saturated heterocycles. The van der Waals surface area contributed by atoms with Crippen molar-refractivity contribution in [1.82, 2.24) is 5.32 Å². The van der Waals surface area contributed by atoms with E-state index in [9.17, 15) is 23.1 Å². The van der Waals surface area contributed by atoms with Crippen molar-refractivity contribution in [3.8, 4) is 0 Å². The van der Waals surface area contributed by atoms with Crippen LogP contribution in [0.25, 0.3) is 0 Å². The number of nitrogens with one attached hydrogen (secondary N) is 1. The zero-order valence-corrected chi connectivity index (χ0v) is 16.3. The van der Waals surface area contributed by atoms with Gasteiger partial charge in [0.05, 0.1) is 17.4 Å². The van der Waals surface area contributed by atoms with E-state index in [1.807, 2.05) is 0 Å². The van der Waals surface area contributed by atoms with Crippen LogP contribution in [0.3, 0.4) is 0 Å². The van der Waals surface area contributed by atoms with Crippen LogP contribution < -0.4 is 40.0 Å². The number of halogens is 2. The Morgan fingerprint density at radius 2 is 1.90 bits per heavy atom. The fraction of sp³-hybridized carbons (Fsp3) is 0.200. The van der Waals surface area contributed by atoms with Gasteiger partial charge in [0, 0.05) is 5.56 Å². The van der Waals surface area contributed by atoms with E-state index >= 15 is 0 Å². The standard InChI is InChI=1S/C10H9Br2NO5S.Na/c11-10(12)19(17,18)7-3-1-2-6(4-7)9(16)13-5-8(14)15;/h1-4,10H,5H2,(H,13,16)(H,14,15);/q;+1/p-1. The zero-order valence-electron chi connectivity index (χ0n) is 10.3. The van der Waals surface area contributed by atoms with Crippen molar-refractivity contribution >= 4 is 53.6 Å². The van der Waals surface area contributed by atoms with Gasteiger partial charge < -0.3 is 15.2 Å². The first-order valence-electron chi connectivity index (χ1n) is 4.85. The number of hydrogen-bond acceptors (Lipinski definition) is 5. The number of hydrogen-bond donors (Lipinski definition) is 1. The van der Waals surface area contributed by atoms with Crippen molar-refractivity contribution in [2.24, 2.45) is 0 Å². The van der Waals surface area contributed by atoms with Crippen LogP contribution in [0.4, 0.5) is 0 Å². The smallest absolute Gasteiger partial charge is 0.548 e. The maximum Gasteiger partial charge on any atom is 1.00 e. The summed E-state index contributed by atoms with van der Waals surface area (Å²) in [6.45, 7) is -0.644. The Morgan fingerprint density at radius 1 is 1.30 bits per heavy atom. The van der Waals surface area contributed by atoms with Gasteiger partial charge in [0.25, 0.3) is 5.91 Å². The van der Waals surface area contributed by atoms with Crippen LogP contribution in [0.5, 0.6) is 0 Å². The van der Waals surface area contributed by atoms with Gasteiger partial charge in [0.15, 0.2) is 3.07 Å². The van der Waals surface area contributed by atoms with Gasteiger partial charge in [-0.3, -0.25) is 4.79 Å². The number of carboxylic acid groups (broad SMARTS) is 1. The van der Waals surface area contributed by atoms with Crippen LogP contribution >= 0.6 is 31.9 Å². The van der Waals surface area contributed by atoms with E-state index in [2.05, 4.69) is 37.2 Å². The van der Waals surface area contributed by atoms with Crippen LogP contribution in [-0.2, 0) is 14.6 Å². The molecule has 1 aromatic carbocycles. The Kier molecular flexibility index (Phi) is 8.53. The van der Waals surface area contributed by atoms with Crippen LogP contribution in [-0.4, -0.2) is 29.9 Å². The first-order valence-corrected chi connectivity index (χ1v) is 8.23. The first kappa shape index (κ1) is 20.1. The molecule has 0 bridgehead atoms. The van der Waals surface area contributed by atoms with Crippen molar-refractivity contribution in [3.05, 3.63) is 29.8 Å². The summed E-state index contributed by atoms with van der Waals surface area (Å²) in [6.07, 6.45) is 0.